The molecule has 1 fully saturated rings. The van der Waals surface area contributed by atoms with Crippen molar-refractivity contribution in [3.63, 3.8) is 0 Å². The van der Waals surface area contributed by atoms with Crippen molar-refractivity contribution in [3.8, 4) is 0 Å². The maximum absolute atomic E-state index is 13.1. The molecule has 1 amide bonds. The van der Waals surface area contributed by atoms with Crippen LogP contribution in [0.25, 0.3) is 0 Å². The van der Waals surface area contributed by atoms with Crippen molar-refractivity contribution in [2.24, 2.45) is 0 Å². The SMILES string of the molecule is C=C/C(=C\C(=C/C)C(F)(F)F)N1CCN(CCCCCC(=O)N(CCC)Cc2ccc(C(=O)OC)cc2)CC1. The minimum absolute atomic E-state index is 0.130. The number of alkyl halides is 3. The smallest absolute Gasteiger partial charge is 0.416 e. The Morgan fingerprint density at radius 1 is 1.08 bits per heavy atom. The van der Waals surface area contributed by atoms with Gasteiger partial charge in [0.2, 0.25) is 5.91 Å². The summed E-state index contributed by atoms with van der Waals surface area (Å²) in [5, 5.41) is 0. The van der Waals surface area contributed by atoms with Crippen LogP contribution < -0.4 is 0 Å². The van der Waals surface area contributed by atoms with Crippen molar-refractivity contribution in [2.45, 2.75) is 58.7 Å². The molecule has 1 aliphatic rings. The molecule has 0 spiro atoms. The average Bonchev–Trinajstić information content (AvgIpc) is 2.93. The third-order valence-corrected chi connectivity index (χ3v) is 6.85. The van der Waals surface area contributed by atoms with Gasteiger partial charge in [0.15, 0.2) is 0 Å². The number of methoxy groups -OCH3 is 1. The van der Waals surface area contributed by atoms with Gasteiger partial charge in [-0.2, -0.15) is 13.2 Å². The lowest BCUT2D eigenvalue weighted by atomic mass is 10.1. The zero-order valence-electron chi connectivity index (χ0n) is 23.4. The van der Waals surface area contributed by atoms with Gasteiger partial charge in [-0.05, 0) is 62.6 Å². The number of carbonyl (C=O) groups excluding carboxylic acids is 2. The number of benzene rings is 1. The summed E-state index contributed by atoms with van der Waals surface area (Å²) in [5.41, 5.74) is 1.29. The fraction of sp³-hybridized carbons (Fsp3) is 0.533. The number of esters is 1. The first-order valence-corrected chi connectivity index (χ1v) is 13.6. The van der Waals surface area contributed by atoms with Gasteiger partial charge in [0.05, 0.1) is 18.2 Å². The van der Waals surface area contributed by atoms with Gasteiger partial charge in [-0.15, -0.1) is 0 Å². The molecule has 1 aromatic rings. The Balaban J connectivity index is 1.74. The Bertz CT molecular complexity index is 995. The van der Waals surface area contributed by atoms with E-state index in [2.05, 4.69) is 11.5 Å². The number of allylic oxidation sites excluding steroid dienone is 4. The second-order valence-corrected chi connectivity index (χ2v) is 9.66. The molecule has 6 nitrogen and oxygen atoms in total. The molecule has 1 aliphatic heterocycles. The molecule has 0 N–H and O–H groups in total. The molecule has 0 aromatic heterocycles. The van der Waals surface area contributed by atoms with Gasteiger partial charge in [0.25, 0.3) is 0 Å². The lowest BCUT2D eigenvalue weighted by Crippen LogP contribution is -2.45. The van der Waals surface area contributed by atoms with Crippen LogP contribution in [0, 0.1) is 0 Å². The Morgan fingerprint density at radius 2 is 1.74 bits per heavy atom. The summed E-state index contributed by atoms with van der Waals surface area (Å²) in [6.07, 6.45) is 3.44. The fourth-order valence-corrected chi connectivity index (χ4v) is 4.59. The third-order valence-electron chi connectivity index (χ3n) is 6.85. The quantitative estimate of drug-likeness (QED) is 0.163. The molecule has 0 saturated carbocycles. The first kappa shape index (κ1) is 32.1. The Hall–Kier alpha value is -3.07. The summed E-state index contributed by atoms with van der Waals surface area (Å²) in [4.78, 5) is 30.6. The molecule has 0 aliphatic carbocycles. The van der Waals surface area contributed by atoms with E-state index >= 15 is 0 Å². The third kappa shape index (κ3) is 10.5. The van der Waals surface area contributed by atoms with Crippen LogP contribution in [0.2, 0.25) is 0 Å². The first-order valence-electron chi connectivity index (χ1n) is 13.6. The van der Waals surface area contributed by atoms with Crippen molar-refractivity contribution in [3.05, 3.63) is 71.5 Å². The number of carbonyl (C=O) groups is 2. The minimum atomic E-state index is -4.38. The van der Waals surface area contributed by atoms with Gasteiger partial charge in [-0.3, -0.25) is 9.69 Å². The molecule has 39 heavy (non-hydrogen) atoms. The standard InChI is InChI=1S/C30H42F3N3O3/c1-5-16-36(23-24-12-14-25(15-13-24)29(38)39-4)28(37)11-9-8-10-17-34-18-20-35(21-19-34)27(7-3)22-26(6-2)30(31,32)33/h6-7,12-15,22H,3,5,8-11,16-21,23H2,1-2,4H3/b26-6+,27-22+. The number of ether oxygens (including phenoxy) is 1. The van der Waals surface area contributed by atoms with E-state index in [4.69, 9.17) is 4.74 Å². The topological polar surface area (TPSA) is 53.1 Å². The molecule has 2 rings (SSSR count). The van der Waals surface area contributed by atoms with E-state index in [9.17, 15) is 22.8 Å². The molecule has 9 heteroatoms. The lowest BCUT2D eigenvalue weighted by molar-refractivity contribution is -0.132. The van der Waals surface area contributed by atoms with Crippen molar-refractivity contribution in [1.29, 1.82) is 0 Å². The van der Waals surface area contributed by atoms with Gasteiger partial charge in [-0.1, -0.05) is 38.1 Å². The zero-order chi connectivity index (χ0) is 28.8. The summed E-state index contributed by atoms with van der Waals surface area (Å²) in [6.45, 7) is 12.1. The highest BCUT2D eigenvalue weighted by atomic mass is 19.4. The first-order chi connectivity index (χ1) is 18.6. The lowest BCUT2D eigenvalue weighted by Gasteiger charge is -2.36. The van der Waals surface area contributed by atoms with Crippen LogP contribution in [-0.2, 0) is 16.1 Å². The Kier molecular flexibility index (Phi) is 13.3. The summed E-state index contributed by atoms with van der Waals surface area (Å²) in [5.74, 6) is -0.252. The van der Waals surface area contributed by atoms with E-state index in [1.807, 2.05) is 28.9 Å². The number of hydrogen-bond donors (Lipinski definition) is 0. The summed E-state index contributed by atoms with van der Waals surface area (Å²) in [7, 11) is 1.35. The van der Waals surface area contributed by atoms with Crippen LogP contribution in [0.1, 0.15) is 61.9 Å². The molecule has 1 saturated heterocycles. The van der Waals surface area contributed by atoms with Gasteiger partial charge in [-0.25, -0.2) is 4.79 Å². The number of piperazine rings is 1. The highest BCUT2D eigenvalue weighted by Gasteiger charge is 2.32. The van der Waals surface area contributed by atoms with Crippen LogP contribution >= 0.6 is 0 Å². The predicted molar refractivity (Wildman–Crippen MR) is 148 cm³/mol. The molecular formula is C30H42F3N3O3. The number of nitrogens with zero attached hydrogens (tertiary/aromatic N) is 3. The van der Waals surface area contributed by atoms with Gasteiger partial charge >= 0.3 is 12.1 Å². The molecule has 0 atom stereocenters. The molecule has 0 radical (unpaired) electrons. The van der Waals surface area contributed by atoms with Crippen molar-refractivity contribution in [2.75, 3.05) is 46.4 Å². The second kappa shape index (κ2) is 16.1. The Labute approximate surface area is 230 Å². The second-order valence-electron chi connectivity index (χ2n) is 9.66. The van der Waals surface area contributed by atoms with Crippen LogP contribution in [0.3, 0.4) is 0 Å². The molecule has 1 aromatic carbocycles. The van der Waals surface area contributed by atoms with Crippen molar-refractivity contribution in [1.82, 2.24) is 14.7 Å². The normalized spacial score (nSPS) is 15.3. The molecule has 0 bridgehead atoms. The average molecular weight is 550 g/mol. The summed E-state index contributed by atoms with van der Waals surface area (Å²) in [6, 6.07) is 7.13. The van der Waals surface area contributed by atoms with Crippen molar-refractivity contribution >= 4 is 11.9 Å². The van der Waals surface area contributed by atoms with Crippen LogP contribution in [0.4, 0.5) is 13.2 Å². The van der Waals surface area contributed by atoms with E-state index < -0.39 is 11.7 Å². The predicted octanol–water partition coefficient (Wildman–Crippen LogP) is 5.97. The van der Waals surface area contributed by atoms with Gasteiger partial charge in [0.1, 0.15) is 0 Å². The molecular weight excluding hydrogens is 507 g/mol. The maximum atomic E-state index is 13.1. The molecule has 216 valence electrons. The number of rotatable bonds is 14. The number of hydrogen-bond acceptors (Lipinski definition) is 5. The number of amides is 1. The number of halogens is 3. The minimum Gasteiger partial charge on any atom is -0.465 e. The van der Waals surface area contributed by atoms with E-state index in [0.717, 1.165) is 57.0 Å². The molecule has 1 heterocycles. The van der Waals surface area contributed by atoms with E-state index in [1.165, 1.54) is 26.2 Å². The highest BCUT2D eigenvalue weighted by Crippen LogP contribution is 2.28. The largest absolute Gasteiger partial charge is 0.465 e. The fourth-order valence-electron chi connectivity index (χ4n) is 4.59. The summed E-state index contributed by atoms with van der Waals surface area (Å²) >= 11 is 0. The zero-order valence-corrected chi connectivity index (χ0v) is 23.4. The van der Waals surface area contributed by atoms with Gasteiger partial charge in [0, 0.05) is 51.4 Å². The van der Waals surface area contributed by atoms with E-state index in [0.29, 0.717) is 43.9 Å². The molecule has 0 unspecified atom stereocenters. The summed E-state index contributed by atoms with van der Waals surface area (Å²) < 4.78 is 44.1. The number of unbranched alkanes of at least 4 members (excludes halogenated alkanes) is 2. The van der Waals surface area contributed by atoms with Crippen molar-refractivity contribution < 1.29 is 27.5 Å². The van der Waals surface area contributed by atoms with Crippen LogP contribution in [-0.4, -0.2) is 79.1 Å². The maximum Gasteiger partial charge on any atom is 0.416 e. The van der Waals surface area contributed by atoms with E-state index in [1.54, 1.807) is 12.1 Å². The van der Waals surface area contributed by atoms with E-state index in [-0.39, 0.29) is 11.9 Å². The highest BCUT2D eigenvalue weighted by molar-refractivity contribution is 5.89. The van der Waals surface area contributed by atoms with Crippen LogP contribution in [0.5, 0.6) is 0 Å². The van der Waals surface area contributed by atoms with Gasteiger partial charge < -0.3 is 14.5 Å². The van der Waals surface area contributed by atoms with Crippen LogP contribution in [0.15, 0.2) is 60.3 Å². The Morgan fingerprint density at radius 3 is 2.28 bits per heavy atom. The monoisotopic (exact) mass is 549 g/mol.